The van der Waals surface area contributed by atoms with Crippen molar-refractivity contribution < 1.29 is 4.74 Å². The van der Waals surface area contributed by atoms with Gasteiger partial charge in [-0.2, -0.15) is 0 Å². The first-order chi connectivity index (χ1) is 6.68. The van der Waals surface area contributed by atoms with Gasteiger partial charge in [-0.15, -0.1) is 0 Å². The molecule has 2 heteroatoms. The van der Waals surface area contributed by atoms with Crippen molar-refractivity contribution in [2.75, 3.05) is 13.2 Å². The lowest BCUT2D eigenvalue weighted by atomic mass is 9.76. The lowest BCUT2D eigenvalue weighted by Gasteiger charge is -2.32. The molecule has 1 unspecified atom stereocenters. The third kappa shape index (κ3) is 2.48. The van der Waals surface area contributed by atoms with Gasteiger partial charge in [0.25, 0.3) is 0 Å². The van der Waals surface area contributed by atoms with E-state index in [2.05, 4.69) is 6.92 Å². The van der Waals surface area contributed by atoms with E-state index in [9.17, 15) is 0 Å². The van der Waals surface area contributed by atoms with E-state index in [1.807, 2.05) is 0 Å². The molecule has 0 aromatic carbocycles. The fraction of sp³-hybridized carbons (Fsp3) is 1.00. The average molecular weight is 197 g/mol. The van der Waals surface area contributed by atoms with Crippen molar-refractivity contribution in [3.8, 4) is 0 Å². The molecule has 1 aliphatic heterocycles. The minimum absolute atomic E-state index is 0.0191. The molecule has 1 saturated carbocycles. The summed E-state index contributed by atoms with van der Waals surface area (Å²) in [5.41, 5.74) is 6.32. The topological polar surface area (TPSA) is 35.2 Å². The standard InChI is InChI=1S/C12H23NO/c1-10-2-4-11(5-3-10)8-12(13)6-7-14-9-12/h10-11H,2-9,13H2,1H3. The zero-order chi connectivity index (χ0) is 10.0. The molecule has 0 aromatic heterocycles. The van der Waals surface area contributed by atoms with Crippen LogP contribution in [0.25, 0.3) is 0 Å². The maximum atomic E-state index is 6.30. The second-order valence-corrected chi connectivity index (χ2v) is 5.49. The molecule has 0 amide bonds. The van der Waals surface area contributed by atoms with E-state index in [1.54, 1.807) is 0 Å². The van der Waals surface area contributed by atoms with Crippen molar-refractivity contribution in [3.05, 3.63) is 0 Å². The molecule has 2 N–H and O–H groups in total. The van der Waals surface area contributed by atoms with Gasteiger partial charge in [0.05, 0.1) is 6.61 Å². The molecule has 0 spiro atoms. The second-order valence-electron chi connectivity index (χ2n) is 5.49. The predicted molar refractivity (Wildman–Crippen MR) is 58.1 cm³/mol. The van der Waals surface area contributed by atoms with Crippen molar-refractivity contribution in [2.24, 2.45) is 17.6 Å². The summed E-state index contributed by atoms with van der Waals surface area (Å²) in [5.74, 6) is 1.82. The Morgan fingerprint density at radius 2 is 2.00 bits per heavy atom. The monoisotopic (exact) mass is 197 g/mol. The molecule has 1 atom stereocenters. The first-order valence-electron chi connectivity index (χ1n) is 6.05. The van der Waals surface area contributed by atoms with E-state index in [1.165, 1.54) is 32.1 Å². The van der Waals surface area contributed by atoms with Crippen LogP contribution in [0.2, 0.25) is 0 Å². The van der Waals surface area contributed by atoms with Crippen molar-refractivity contribution >= 4 is 0 Å². The zero-order valence-corrected chi connectivity index (χ0v) is 9.30. The minimum atomic E-state index is 0.0191. The van der Waals surface area contributed by atoms with Crippen LogP contribution in [0, 0.1) is 11.8 Å². The summed E-state index contributed by atoms with van der Waals surface area (Å²) in [6.07, 6.45) is 7.85. The number of hydrogen-bond acceptors (Lipinski definition) is 2. The van der Waals surface area contributed by atoms with Crippen LogP contribution in [-0.2, 0) is 4.74 Å². The predicted octanol–water partition coefficient (Wildman–Crippen LogP) is 2.32. The number of hydrogen-bond donors (Lipinski definition) is 1. The van der Waals surface area contributed by atoms with Gasteiger partial charge >= 0.3 is 0 Å². The molecule has 2 rings (SSSR count). The van der Waals surface area contributed by atoms with E-state index >= 15 is 0 Å². The zero-order valence-electron chi connectivity index (χ0n) is 9.30. The van der Waals surface area contributed by atoms with E-state index in [0.717, 1.165) is 31.5 Å². The molecule has 1 saturated heterocycles. The fourth-order valence-corrected chi connectivity index (χ4v) is 2.89. The van der Waals surface area contributed by atoms with Gasteiger partial charge < -0.3 is 10.5 Å². The highest BCUT2D eigenvalue weighted by Gasteiger charge is 2.33. The van der Waals surface area contributed by atoms with Crippen molar-refractivity contribution in [1.29, 1.82) is 0 Å². The second kappa shape index (κ2) is 4.19. The quantitative estimate of drug-likeness (QED) is 0.737. The summed E-state index contributed by atoms with van der Waals surface area (Å²) in [4.78, 5) is 0. The van der Waals surface area contributed by atoms with Gasteiger partial charge in [-0.25, -0.2) is 0 Å². The third-order valence-corrected chi connectivity index (χ3v) is 3.96. The maximum Gasteiger partial charge on any atom is 0.0647 e. The summed E-state index contributed by atoms with van der Waals surface area (Å²) in [5, 5.41) is 0. The van der Waals surface area contributed by atoms with Crippen LogP contribution in [0.1, 0.15) is 45.4 Å². The summed E-state index contributed by atoms with van der Waals surface area (Å²) < 4.78 is 5.40. The van der Waals surface area contributed by atoms with Crippen LogP contribution in [-0.4, -0.2) is 18.8 Å². The van der Waals surface area contributed by atoms with E-state index < -0.39 is 0 Å². The van der Waals surface area contributed by atoms with Gasteiger partial charge in [0.15, 0.2) is 0 Å². The van der Waals surface area contributed by atoms with Crippen LogP contribution in [0.4, 0.5) is 0 Å². The summed E-state index contributed by atoms with van der Waals surface area (Å²) in [6.45, 7) is 4.03. The summed E-state index contributed by atoms with van der Waals surface area (Å²) >= 11 is 0. The Kier molecular flexibility index (Phi) is 3.13. The Balaban J connectivity index is 1.79. The van der Waals surface area contributed by atoms with Crippen LogP contribution in [0.5, 0.6) is 0 Å². The Bertz CT molecular complexity index is 179. The Hall–Kier alpha value is -0.0800. The third-order valence-electron chi connectivity index (χ3n) is 3.96. The highest BCUT2D eigenvalue weighted by molar-refractivity contribution is 4.90. The summed E-state index contributed by atoms with van der Waals surface area (Å²) in [7, 11) is 0. The largest absolute Gasteiger partial charge is 0.379 e. The van der Waals surface area contributed by atoms with Crippen molar-refractivity contribution in [3.63, 3.8) is 0 Å². The smallest absolute Gasteiger partial charge is 0.0647 e. The van der Waals surface area contributed by atoms with E-state index in [-0.39, 0.29) is 5.54 Å². The van der Waals surface area contributed by atoms with Crippen molar-refractivity contribution in [1.82, 2.24) is 0 Å². The van der Waals surface area contributed by atoms with Gasteiger partial charge in [0, 0.05) is 12.1 Å². The Morgan fingerprint density at radius 1 is 1.29 bits per heavy atom. The van der Waals surface area contributed by atoms with E-state index in [4.69, 9.17) is 10.5 Å². The van der Waals surface area contributed by atoms with Gasteiger partial charge in [0.1, 0.15) is 0 Å². The maximum absolute atomic E-state index is 6.30. The molecule has 82 valence electrons. The molecule has 0 bridgehead atoms. The molecule has 2 fully saturated rings. The molecular formula is C12H23NO. The van der Waals surface area contributed by atoms with Crippen LogP contribution in [0.3, 0.4) is 0 Å². The van der Waals surface area contributed by atoms with Gasteiger partial charge in [-0.05, 0) is 24.7 Å². The summed E-state index contributed by atoms with van der Waals surface area (Å²) in [6, 6.07) is 0. The lowest BCUT2D eigenvalue weighted by molar-refractivity contribution is 0.160. The fourth-order valence-electron chi connectivity index (χ4n) is 2.89. The molecule has 1 aliphatic carbocycles. The van der Waals surface area contributed by atoms with E-state index in [0.29, 0.717) is 0 Å². The number of rotatable bonds is 2. The molecular weight excluding hydrogens is 174 g/mol. The normalized spacial score (nSPS) is 44.1. The van der Waals surface area contributed by atoms with Gasteiger partial charge in [0.2, 0.25) is 0 Å². The minimum Gasteiger partial charge on any atom is -0.379 e. The van der Waals surface area contributed by atoms with Gasteiger partial charge in [-0.3, -0.25) is 0 Å². The first-order valence-corrected chi connectivity index (χ1v) is 6.05. The molecule has 0 radical (unpaired) electrons. The number of ether oxygens (including phenoxy) is 1. The van der Waals surface area contributed by atoms with Crippen LogP contribution < -0.4 is 5.73 Å². The van der Waals surface area contributed by atoms with Crippen molar-refractivity contribution in [2.45, 2.75) is 51.0 Å². The lowest BCUT2D eigenvalue weighted by Crippen LogP contribution is -2.42. The Labute approximate surface area is 87.2 Å². The molecule has 14 heavy (non-hydrogen) atoms. The van der Waals surface area contributed by atoms with Crippen LogP contribution >= 0.6 is 0 Å². The first kappa shape index (κ1) is 10.4. The average Bonchev–Trinajstić information content (AvgIpc) is 2.57. The SMILES string of the molecule is CC1CCC(CC2(N)CCOC2)CC1. The molecule has 1 heterocycles. The Morgan fingerprint density at radius 3 is 2.57 bits per heavy atom. The highest BCUT2D eigenvalue weighted by atomic mass is 16.5. The molecule has 2 nitrogen and oxygen atoms in total. The van der Waals surface area contributed by atoms with Crippen LogP contribution in [0.15, 0.2) is 0 Å². The molecule has 2 aliphatic rings. The molecule has 0 aromatic rings. The highest BCUT2D eigenvalue weighted by Crippen LogP contribution is 2.35. The van der Waals surface area contributed by atoms with Gasteiger partial charge in [-0.1, -0.05) is 32.6 Å². The number of nitrogens with two attached hydrogens (primary N) is 1.